The molecule has 1 fully saturated rings. The summed E-state index contributed by atoms with van der Waals surface area (Å²) in [6, 6.07) is 3.82. The fourth-order valence-corrected chi connectivity index (χ4v) is 2.13. The van der Waals surface area contributed by atoms with E-state index in [0.29, 0.717) is 5.82 Å². The predicted octanol–water partition coefficient (Wildman–Crippen LogP) is 1.72. The fourth-order valence-electron chi connectivity index (χ4n) is 2.13. The summed E-state index contributed by atoms with van der Waals surface area (Å²) in [5.41, 5.74) is 0.676. The van der Waals surface area contributed by atoms with Gasteiger partial charge in [0, 0.05) is 12.7 Å². The largest absolute Gasteiger partial charge is 0.316 e. The number of pyridine rings is 1. The van der Waals surface area contributed by atoms with Crippen LogP contribution in [0, 0.1) is 12.3 Å². The lowest BCUT2D eigenvalue weighted by Crippen LogP contribution is -2.46. The van der Waals surface area contributed by atoms with Crippen LogP contribution in [0.15, 0.2) is 18.3 Å². The minimum absolute atomic E-state index is 0.0616. The number of carbonyl (C=O) groups excluding carboxylic acids is 1. The van der Waals surface area contributed by atoms with E-state index < -0.39 is 0 Å². The second-order valence-corrected chi connectivity index (χ2v) is 4.96. The van der Waals surface area contributed by atoms with Crippen LogP contribution in [0.1, 0.15) is 25.3 Å². The maximum absolute atomic E-state index is 12.3. The van der Waals surface area contributed by atoms with Crippen LogP contribution < -0.4 is 10.6 Å². The second kappa shape index (κ2) is 4.84. The van der Waals surface area contributed by atoms with E-state index in [1.807, 2.05) is 26.0 Å². The molecule has 1 saturated heterocycles. The van der Waals surface area contributed by atoms with Crippen LogP contribution >= 0.6 is 0 Å². The molecule has 1 aromatic rings. The molecular weight excluding hydrogens is 214 g/mol. The second-order valence-electron chi connectivity index (χ2n) is 4.96. The Morgan fingerprint density at radius 3 is 3.06 bits per heavy atom. The molecule has 1 aliphatic heterocycles. The van der Waals surface area contributed by atoms with E-state index in [1.165, 1.54) is 0 Å². The smallest absolute Gasteiger partial charge is 0.232 e. The minimum atomic E-state index is -0.317. The Kier molecular flexibility index (Phi) is 3.43. The van der Waals surface area contributed by atoms with Gasteiger partial charge in [-0.25, -0.2) is 4.98 Å². The van der Waals surface area contributed by atoms with Crippen molar-refractivity contribution < 1.29 is 4.79 Å². The standard InChI is InChI=1S/C13H19N3O/c1-10-5-3-8-15-11(10)16-12(17)13(2)6-4-7-14-9-13/h3,5,8,14H,4,6-7,9H2,1-2H3,(H,15,16,17). The molecule has 0 spiro atoms. The van der Waals surface area contributed by atoms with Crippen molar-refractivity contribution in [2.24, 2.45) is 5.41 Å². The molecule has 2 N–H and O–H groups in total. The van der Waals surface area contributed by atoms with Gasteiger partial charge in [0.2, 0.25) is 5.91 Å². The molecule has 4 nitrogen and oxygen atoms in total. The van der Waals surface area contributed by atoms with Gasteiger partial charge in [0.25, 0.3) is 0 Å². The number of aromatic nitrogens is 1. The van der Waals surface area contributed by atoms with Crippen LogP contribution in [0.5, 0.6) is 0 Å². The maximum atomic E-state index is 12.3. The summed E-state index contributed by atoms with van der Waals surface area (Å²) in [5.74, 6) is 0.732. The van der Waals surface area contributed by atoms with Gasteiger partial charge >= 0.3 is 0 Å². The van der Waals surface area contributed by atoms with E-state index in [4.69, 9.17) is 0 Å². The molecule has 1 atom stereocenters. The molecular formula is C13H19N3O. The van der Waals surface area contributed by atoms with E-state index in [9.17, 15) is 4.79 Å². The van der Waals surface area contributed by atoms with Gasteiger partial charge in [-0.2, -0.15) is 0 Å². The summed E-state index contributed by atoms with van der Waals surface area (Å²) in [7, 11) is 0. The van der Waals surface area contributed by atoms with E-state index in [2.05, 4.69) is 15.6 Å². The number of piperidine rings is 1. The zero-order valence-electron chi connectivity index (χ0n) is 10.4. The third kappa shape index (κ3) is 2.64. The SMILES string of the molecule is Cc1cccnc1NC(=O)C1(C)CCCNC1. The van der Waals surface area contributed by atoms with Gasteiger partial charge in [0.1, 0.15) is 5.82 Å². The Balaban J connectivity index is 2.08. The Bertz CT molecular complexity index is 411. The van der Waals surface area contributed by atoms with Crippen molar-refractivity contribution in [2.45, 2.75) is 26.7 Å². The third-order valence-electron chi connectivity index (χ3n) is 3.39. The van der Waals surface area contributed by atoms with Crippen LogP contribution in [-0.4, -0.2) is 24.0 Å². The summed E-state index contributed by atoms with van der Waals surface area (Å²) in [6.07, 6.45) is 3.67. The lowest BCUT2D eigenvalue weighted by molar-refractivity contribution is -0.125. The highest BCUT2D eigenvalue weighted by atomic mass is 16.2. The van der Waals surface area contributed by atoms with Crippen LogP contribution in [0.25, 0.3) is 0 Å². The topological polar surface area (TPSA) is 54.0 Å². The number of anilines is 1. The van der Waals surface area contributed by atoms with Crippen LogP contribution in [0.4, 0.5) is 5.82 Å². The highest BCUT2D eigenvalue weighted by Gasteiger charge is 2.34. The quantitative estimate of drug-likeness (QED) is 0.817. The fraction of sp³-hybridized carbons (Fsp3) is 0.538. The van der Waals surface area contributed by atoms with Gasteiger partial charge in [0.15, 0.2) is 0 Å². The molecule has 17 heavy (non-hydrogen) atoms. The number of nitrogens with one attached hydrogen (secondary N) is 2. The normalized spacial score (nSPS) is 24.4. The average molecular weight is 233 g/mol. The summed E-state index contributed by atoms with van der Waals surface area (Å²) >= 11 is 0. The number of hydrogen-bond donors (Lipinski definition) is 2. The number of hydrogen-bond acceptors (Lipinski definition) is 3. The Hall–Kier alpha value is -1.42. The average Bonchev–Trinajstić information content (AvgIpc) is 2.33. The predicted molar refractivity (Wildman–Crippen MR) is 67.8 cm³/mol. The molecule has 1 aliphatic rings. The Labute approximate surface area is 102 Å². The molecule has 0 radical (unpaired) electrons. The summed E-state index contributed by atoms with van der Waals surface area (Å²) in [4.78, 5) is 16.4. The zero-order chi connectivity index (χ0) is 12.3. The van der Waals surface area contributed by atoms with Gasteiger partial charge in [-0.1, -0.05) is 6.07 Å². The lowest BCUT2D eigenvalue weighted by Gasteiger charge is -2.32. The van der Waals surface area contributed by atoms with Gasteiger partial charge in [-0.15, -0.1) is 0 Å². The molecule has 0 bridgehead atoms. The molecule has 0 saturated carbocycles. The van der Waals surface area contributed by atoms with Crippen molar-refractivity contribution >= 4 is 11.7 Å². The Morgan fingerprint density at radius 2 is 2.41 bits per heavy atom. The number of carbonyl (C=O) groups is 1. The first-order valence-corrected chi connectivity index (χ1v) is 6.06. The number of nitrogens with zero attached hydrogens (tertiary/aromatic N) is 1. The molecule has 1 aromatic heterocycles. The van der Waals surface area contributed by atoms with Crippen molar-refractivity contribution in [3.8, 4) is 0 Å². The molecule has 92 valence electrons. The van der Waals surface area contributed by atoms with Crippen LogP contribution in [0.3, 0.4) is 0 Å². The molecule has 0 aliphatic carbocycles. The van der Waals surface area contributed by atoms with Crippen LogP contribution in [-0.2, 0) is 4.79 Å². The van der Waals surface area contributed by atoms with Crippen LogP contribution in [0.2, 0.25) is 0 Å². The first kappa shape index (κ1) is 12.0. The van der Waals surface area contributed by atoms with E-state index in [-0.39, 0.29) is 11.3 Å². The Morgan fingerprint density at radius 1 is 1.59 bits per heavy atom. The van der Waals surface area contributed by atoms with E-state index >= 15 is 0 Å². The maximum Gasteiger partial charge on any atom is 0.232 e. The molecule has 4 heteroatoms. The van der Waals surface area contributed by atoms with Gasteiger partial charge in [0.05, 0.1) is 5.41 Å². The van der Waals surface area contributed by atoms with Gasteiger partial charge < -0.3 is 10.6 Å². The lowest BCUT2D eigenvalue weighted by atomic mass is 9.82. The first-order valence-electron chi connectivity index (χ1n) is 6.06. The molecule has 1 amide bonds. The summed E-state index contributed by atoms with van der Waals surface area (Å²) in [6.45, 7) is 5.70. The monoisotopic (exact) mass is 233 g/mol. The van der Waals surface area contributed by atoms with Crippen molar-refractivity contribution in [1.29, 1.82) is 0 Å². The summed E-state index contributed by atoms with van der Waals surface area (Å²) < 4.78 is 0. The van der Waals surface area contributed by atoms with Crippen molar-refractivity contribution in [2.75, 3.05) is 18.4 Å². The molecule has 2 heterocycles. The molecule has 2 rings (SSSR count). The van der Waals surface area contributed by atoms with Crippen molar-refractivity contribution in [3.63, 3.8) is 0 Å². The van der Waals surface area contributed by atoms with Crippen molar-refractivity contribution in [1.82, 2.24) is 10.3 Å². The highest BCUT2D eigenvalue weighted by molar-refractivity contribution is 5.95. The number of rotatable bonds is 2. The van der Waals surface area contributed by atoms with Gasteiger partial charge in [-0.3, -0.25) is 4.79 Å². The summed E-state index contributed by atoms with van der Waals surface area (Å²) in [5, 5.41) is 6.21. The van der Waals surface area contributed by atoms with E-state index in [0.717, 1.165) is 31.5 Å². The highest BCUT2D eigenvalue weighted by Crippen LogP contribution is 2.27. The third-order valence-corrected chi connectivity index (χ3v) is 3.39. The molecule has 0 aromatic carbocycles. The van der Waals surface area contributed by atoms with Crippen molar-refractivity contribution in [3.05, 3.63) is 23.9 Å². The minimum Gasteiger partial charge on any atom is -0.316 e. The number of aryl methyl sites for hydroxylation is 1. The number of amides is 1. The molecule has 1 unspecified atom stereocenters. The zero-order valence-corrected chi connectivity index (χ0v) is 10.4. The van der Waals surface area contributed by atoms with Gasteiger partial charge in [-0.05, 0) is 44.9 Å². The van der Waals surface area contributed by atoms with E-state index in [1.54, 1.807) is 6.20 Å². The first-order chi connectivity index (χ1) is 8.12.